The summed E-state index contributed by atoms with van der Waals surface area (Å²) in [5.74, 6) is 2.05. The maximum absolute atomic E-state index is 5.27. The zero-order valence-corrected chi connectivity index (χ0v) is 12.1. The van der Waals surface area contributed by atoms with Crippen LogP contribution in [0.4, 0.5) is 5.69 Å². The van der Waals surface area contributed by atoms with Gasteiger partial charge in [-0.1, -0.05) is 24.3 Å². The van der Waals surface area contributed by atoms with Crippen LogP contribution < -0.4 is 15.5 Å². The van der Waals surface area contributed by atoms with Crippen molar-refractivity contribution in [2.45, 2.75) is 12.8 Å². The molecule has 2 aliphatic rings. The van der Waals surface area contributed by atoms with Crippen molar-refractivity contribution < 1.29 is 4.74 Å². The maximum Gasteiger partial charge on any atom is 0.191 e. The van der Waals surface area contributed by atoms with Gasteiger partial charge in [-0.2, -0.15) is 5.10 Å². The van der Waals surface area contributed by atoms with Crippen LogP contribution in [0.1, 0.15) is 12.8 Å². The van der Waals surface area contributed by atoms with Gasteiger partial charge in [0.15, 0.2) is 5.11 Å². The predicted molar refractivity (Wildman–Crippen MR) is 85.1 cm³/mol. The Balaban J connectivity index is 1.56. The molecule has 20 heavy (non-hydrogen) atoms. The number of rotatable bonds is 3. The molecule has 5 heteroatoms. The number of para-hydroxylation sites is 2. The number of anilines is 1. The molecule has 1 aromatic carbocycles. The molecule has 0 aromatic heterocycles. The fraction of sp³-hybridized carbons (Fsp3) is 0.333. The van der Waals surface area contributed by atoms with Crippen LogP contribution in [-0.4, -0.2) is 17.9 Å². The second-order valence-electron chi connectivity index (χ2n) is 5.01. The fourth-order valence-electron chi connectivity index (χ4n) is 2.68. The Morgan fingerprint density at radius 2 is 2.25 bits per heavy atom. The number of hydrogen-bond acceptors (Lipinski definition) is 3. The molecular weight excluding hydrogens is 270 g/mol. The molecule has 3 rings (SSSR count). The van der Waals surface area contributed by atoms with E-state index >= 15 is 0 Å². The lowest BCUT2D eigenvalue weighted by atomic mass is 9.74. The lowest BCUT2D eigenvalue weighted by molar-refractivity contribution is 0.417. The lowest BCUT2D eigenvalue weighted by Crippen LogP contribution is -2.36. The first-order valence-corrected chi connectivity index (χ1v) is 7.12. The van der Waals surface area contributed by atoms with Gasteiger partial charge in [0.2, 0.25) is 0 Å². The van der Waals surface area contributed by atoms with E-state index in [0.29, 0.717) is 16.9 Å². The van der Waals surface area contributed by atoms with Crippen molar-refractivity contribution in [2.24, 2.45) is 16.9 Å². The molecule has 1 aromatic rings. The molecule has 2 atom stereocenters. The Labute approximate surface area is 123 Å². The number of allylic oxidation sites excluding steroid dienone is 2. The van der Waals surface area contributed by atoms with Crippen molar-refractivity contribution in [3.05, 3.63) is 36.4 Å². The van der Waals surface area contributed by atoms with Crippen molar-refractivity contribution in [2.75, 3.05) is 12.4 Å². The van der Waals surface area contributed by atoms with E-state index < -0.39 is 0 Å². The summed E-state index contributed by atoms with van der Waals surface area (Å²) in [4.78, 5) is 0. The topological polar surface area (TPSA) is 45.6 Å². The third kappa shape index (κ3) is 2.54. The molecule has 2 unspecified atom stereocenters. The van der Waals surface area contributed by atoms with Gasteiger partial charge in [0, 0.05) is 11.6 Å². The average molecular weight is 287 g/mol. The molecule has 1 saturated carbocycles. The highest BCUT2D eigenvalue weighted by atomic mass is 32.1. The van der Waals surface area contributed by atoms with Crippen LogP contribution in [0, 0.1) is 11.8 Å². The second kappa shape index (κ2) is 5.63. The van der Waals surface area contributed by atoms with Gasteiger partial charge in [0.1, 0.15) is 5.75 Å². The van der Waals surface area contributed by atoms with Crippen molar-refractivity contribution in [3.8, 4) is 5.75 Å². The standard InChI is InChI=1S/C15H17N3OS/c1-19-14-8-3-2-7-12(14)16-15(20)18-17-13-9-10-5-4-6-11(10)13/h2-5,7-8,10-11H,6,9H2,1H3,(H2,16,18,20). The zero-order valence-electron chi connectivity index (χ0n) is 11.3. The number of methoxy groups -OCH3 is 1. The quantitative estimate of drug-likeness (QED) is 0.510. The molecule has 0 radical (unpaired) electrons. The molecule has 0 spiro atoms. The van der Waals surface area contributed by atoms with E-state index in [9.17, 15) is 0 Å². The number of benzene rings is 1. The Morgan fingerprint density at radius 1 is 1.40 bits per heavy atom. The van der Waals surface area contributed by atoms with Crippen LogP contribution in [0.2, 0.25) is 0 Å². The Hall–Kier alpha value is -1.88. The van der Waals surface area contributed by atoms with E-state index in [-0.39, 0.29) is 0 Å². The Kier molecular flexibility index (Phi) is 3.69. The highest BCUT2D eigenvalue weighted by Crippen LogP contribution is 2.40. The molecule has 4 nitrogen and oxygen atoms in total. The van der Waals surface area contributed by atoms with Crippen LogP contribution in [0.15, 0.2) is 41.5 Å². The van der Waals surface area contributed by atoms with E-state index in [0.717, 1.165) is 24.3 Å². The molecular formula is C15H17N3OS. The van der Waals surface area contributed by atoms with E-state index in [4.69, 9.17) is 17.0 Å². The number of nitrogens with zero attached hydrogens (tertiary/aromatic N) is 1. The third-order valence-corrected chi connectivity index (χ3v) is 4.01. The summed E-state index contributed by atoms with van der Waals surface area (Å²) >= 11 is 5.25. The van der Waals surface area contributed by atoms with Gasteiger partial charge in [-0.05, 0) is 43.1 Å². The summed E-state index contributed by atoms with van der Waals surface area (Å²) in [6.45, 7) is 0. The molecule has 0 heterocycles. The Bertz CT molecular complexity index is 582. The molecule has 2 N–H and O–H groups in total. The average Bonchev–Trinajstić information content (AvgIpc) is 2.81. The summed E-state index contributed by atoms with van der Waals surface area (Å²) in [7, 11) is 1.64. The van der Waals surface area contributed by atoms with Crippen LogP contribution in [0.3, 0.4) is 0 Å². The van der Waals surface area contributed by atoms with Gasteiger partial charge in [0.05, 0.1) is 12.8 Å². The molecule has 2 aliphatic carbocycles. The van der Waals surface area contributed by atoms with Gasteiger partial charge in [-0.3, -0.25) is 5.43 Å². The first kappa shape index (κ1) is 13.1. The normalized spacial score (nSPS) is 24.9. The lowest BCUT2D eigenvalue weighted by Gasteiger charge is -2.31. The minimum atomic E-state index is 0.483. The summed E-state index contributed by atoms with van der Waals surface area (Å²) in [6.07, 6.45) is 6.68. The molecule has 0 bridgehead atoms. The molecule has 0 aliphatic heterocycles. The van der Waals surface area contributed by atoms with Crippen molar-refractivity contribution in [1.82, 2.24) is 5.43 Å². The van der Waals surface area contributed by atoms with Gasteiger partial charge >= 0.3 is 0 Å². The number of thiocarbonyl (C=S) groups is 1. The van der Waals surface area contributed by atoms with Gasteiger partial charge in [0.25, 0.3) is 0 Å². The first-order chi connectivity index (χ1) is 9.78. The molecule has 0 saturated heterocycles. The highest BCUT2D eigenvalue weighted by Gasteiger charge is 2.37. The summed E-state index contributed by atoms with van der Waals surface area (Å²) in [5.41, 5.74) is 4.97. The summed E-state index contributed by atoms with van der Waals surface area (Å²) in [5, 5.41) is 7.99. The van der Waals surface area contributed by atoms with E-state index in [1.165, 1.54) is 5.71 Å². The minimum absolute atomic E-state index is 0.483. The van der Waals surface area contributed by atoms with Crippen molar-refractivity contribution in [1.29, 1.82) is 0 Å². The first-order valence-electron chi connectivity index (χ1n) is 6.71. The number of ether oxygens (including phenoxy) is 1. The highest BCUT2D eigenvalue weighted by molar-refractivity contribution is 7.80. The predicted octanol–water partition coefficient (Wildman–Crippen LogP) is 2.93. The van der Waals surface area contributed by atoms with Crippen LogP contribution in [-0.2, 0) is 0 Å². The monoisotopic (exact) mass is 287 g/mol. The zero-order chi connectivity index (χ0) is 13.9. The van der Waals surface area contributed by atoms with Gasteiger partial charge in [-0.25, -0.2) is 0 Å². The molecule has 104 valence electrons. The third-order valence-electron chi connectivity index (χ3n) is 3.82. The maximum atomic E-state index is 5.27. The SMILES string of the molecule is COc1ccccc1NC(=S)NN=C1CC2C=CCC12. The number of fused-ring (bicyclic) bond motifs is 1. The molecule has 1 fully saturated rings. The van der Waals surface area contributed by atoms with E-state index in [1.807, 2.05) is 24.3 Å². The number of hydrogen-bond donors (Lipinski definition) is 2. The fourth-order valence-corrected chi connectivity index (χ4v) is 2.84. The Morgan fingerprint density at radius 3 is 3.05 bits per heavy atom. The molecule has 0 amide bonds. The van der Waals surface area contributed by atoms with Crippen LogP contribution in [0.5, 0.6) is 5.75 Å². The number of nitrogens with one attached hydrogen (secondary N) is 2. The van der Waals surface area contributed by atoms with Crippen LogP contribution in [0.25, 0.3) is 0 Å². The van der Waals surface area contributed by atoms with Crippen molar-refractivity contribution in [3.63, 3.8) is 0 Å². The summed E-state index contributed by atoms with van der Waals surface area (Å²) in [6, 6.07) is 7.65. The van der Waals surface area contributed by atoms with E-state index in [2.05, 4.69) is 28.0 Å². The summed E-state index contributed by atoms with van der Waals surface area (Å²) < 4.78 is 5.27. The van der Waals surface area contributed by atoms with E-state index in [1.54, 1.807) is 7.11 Å². The van der Waals surface area contributed by atoms with Crippen LogP contribution >= 0.6 is 12.2 Å². The van der Waals surface area contributed by atoms with Crippen molar-refractivity contribution >= 4 is 28.7 Å². The smallest absolute Gasteiger partial charge is 0.191 e. The minimum Gasteiger partial charge on any atom is -0.495 e. The second-order valence-corrected chi connectivity index (χ2v) is 5.42. The largest absolute Gasteiger partial charge is 0.495 e. The number of hydrazone groups is 1. The van der Waals surface area contributed by atoms with Gasteiger partial charge in [-0.15, -0.1) is 0 Å². The van der Waals surface area contributed by atoms with Gasteiger partial charge < -0.3 is 10.1 Å².